The molecule has 1 heterocycles. The van der Waals surface area contributed by atoms with E-state index in [1.54, 1.807) is 0 Å². The minimum atomic E-state index is -0.610. The largest absolute Gasteiger partial charge is 0.394 e. The number of amides is 1. The number of morpholine rings is 1. The average molecular weight is 264 g/mol. The van der Waals surface area contributed by atoms with E-state index in [0.29, 0.717) is 13.1 Å². The molecular weight excluding hydrogens is 244 g/mol. The molecule has 0 saturated carbocycles. The van der Waals surface area contributed by atoms with Gasteiger partial charge in [0.15, 0.2) is 0 Å². The van der Waals surface area contributed by atoms with Crippen molar-refractivity contribution in [3.63, 3.8) is 0 Å². The van der Waals surface area contributed by atoms with Gasteiger partial charge in [0.2, 0.25) is 5.91 Å². The van der Waals surface area contributed by atoms with Gasteiger partial charge < -0.3 is 15.6 Å². The van der Waals surface area contributed by atoms with Crippen molar-refractivity contribution in [1.82, 2.24) is 4.90 Å². The molecule has 5 nitrogen and oxygen atoms in total. The molecule has 1 amide bonds. The lowest BCUT2D eigenvalue weighted by molar-refractivity contribution is -0.145. The number of rotatable bonds is 4. The van der Waals surface area contributed by atoms with E-state index in [2.05, 4.69) is 4.90 Å². The van der Waals surface area contributed by atoms with Crippen molar-refractivity contribution in [3.05, 3.63) is 35.9 Å². The Balaban J connectivity index is 2.16. The lowest BCUT2D eigenvalue weighted by Crippen LogP contribution is -2.53. The fourth-order valence-electron chi connectivity index (χ4n) is 2.50. The smallest absolute Gasteiger partial charge is 0.247 e. The number of primary amides is 1. The van der Waals surface area contributed by atoms with Crippen LogP contribution >= 0.6 is 0 Å². The highest BCUT2D eigenvalue weighted by Gasteiger charge is 2.32. The van der Waals surface area contributed by atoms with E-state index in [4.69, 9.17) is 10.5 Å². The highest BCUT2D eigenvalue weighted by atomic mass is 16.5. The number of benzene rings is 1. The fraction of sp³-hybridized carbons (Fsp3) is 0.500. The molecule has 1 saturated heterocycles. The summed E-state index contributed by atoms with van der Waals surface area (Å²) in [5.74, 6) is -0.457. The quantitative estimate of drug-likeness (QED) is 0.820. The molecule has 1 aliphatic heterocycles. The fourth-order valence-corrected chi connectivity index (χ4v) is 2.50. The molecule has 0 bridgehead atoms. The SMILES string of the molecule is CC1CN([C@H](CO)c2ccccc2)CC(C(N)=O)O1. The van der Waals surface area contributed by atoms with E-state index in [9.17, 15) is 9.90 Å². The summed E-state index contributed by atoms with van der Waals surface area (Å²) in [6.45, 7) is 2.99. The van der Waals surface area contributed by atoms with Gasteiger partial charge in [-0.3, -0.25) is 9.69 Å². The summed E-state index contributed by atoms with van der Waals surface area (Å²) in [6.07, 6.45) is -0.689. The van der Waals surface area contributed by atoms with Crippen LogP contribution in [-0.4, -0.2) is 47.8 Å². The number of ether oxygens (including phenoxy) is 1. The normalized spacial score (nSPS) is 26.0. The first kappa shape index (κ1) is 14.0. The second-order valence-electron chi connectivity index (χ2n) is 4.90. The highest BCUT2D eigenvalue weighted by molar-refractivity contribution is 5.79. The molecule has 3 atom stereocenters. The van der Waals surface area contributed by atoms with Crippen LogP contribution in [0.25, 0.3) is 0 Å². The van der Waals surface area contributed by atoms with Crippen molar-refractivity contribution < 1.29 is 14.6 Å². The van der Waals surface area contributed by atoms with E-state index in [-0.39, 0.29) is 18.8 Å². The Labute approximate surface area is 113 Å². The van der Waals surface area contributed by atoms with Crippen LogP contribution in [0.5, 0.6) is 0 Å². The van der Waals surface area contributed by atoms with Crippen LogP contribution in [0, 0.1) is 0 Å². The number of hydrogen-bond acceptors (Lipinski definition) is 4. The van der Waals surface area contributed by atoms with Crippen LogP contribution in [0.1, 0.15) is 18.5 Å². The van der Waals surface area contributed by atoms with Crippen molar-refractivity contribution in [2.24, 2.45) is 5.73 Å². The van der Waals surface area contributed by atoms with Crippen molar-refractivity contribution in [2.45, 2.75) is 25.2 Å². The Morgan fingerprint density at radius 1 is 1.47 bits per heavy atom. The second kappa shape index (κ2) is 6.14. The monoisotopic (exact) mass is 264 g/mol. The molecule has 5 heteroatoms. The van der Waals surface area contributed by atoms with Crippen LogP contribution < -0.4 is 5.73 Å². The zero-order chi connectivity index (χ0) is 13.8. The molecule has 0 radical (unpaired) electrons. The molecular formula is C14H20N2O3. The van der Waals surface area contributed by atoms with Crippen LogP contribution in [-0.2, 0) is 9.53 Å². The molecule has 0 spiro atoms. The molecule has 104 valence electrons. The Hall–Kier alpha value is -1.43. The summed E-state index contributed by atoms with van der Waals surface area (Å²) in [6, 6.07) is 9.63. The third kappa shape index (κ3) is 3.32. The Bertz CT molecular complexity index is 424. The maximum atomic E-state index is 11.3. The number of nitrogens with zero attached hydrogens (tertiary/aromatic N) is 1. The van der Waals surface area contributed by atoms with E-state index < -0.39 is 12.0 Å². The van der Waals surface area contributed by atoms with Crippen molar-refractivity contribution in [3.8, 4) is 0 Å². The van der Waals surface area contributed by atoms with E-state index >= 15 is 0 Å². The maximum absolute atomic E-state index is 11.3. The summed E-state index contributed by atoms with van der Waals surface area (Å²) < 4.78 is 5.51. The number of carbonyl (C=O) groups excluding carboxylic acids is 1. The maximum Gasteiger partial charge on any atom is 0.247 e. The van der Waals surface area contributed by atoms with E-state index in [1.807, 2.05) is 37.3 Å². The molecule has 2 rings (SSSR count). The van der Waals surface area contributed by atoms with Gasteiger partial charge in [-0.15, -0.1) is 0 Å². The summed E-state index contributed by atoms with van der Waals surface area (Å²) in [5, 5.41) is 9.64. The highest BCUT2D eigenvalue weighted by Crippen LogP contribution is 2.24. The zero-order valence-corrected chi connectivity index (χ0v) is 11.0. The van der Waals surface area contributed by atoms with Crippen LogP contribution in [0.4, 0.5) is 0 Å². The molecule has 1 aromatic rings. The van der Waals surface area contributed by atoms with E-state index in [0.717, 1.165) is 5.56 Å². The predicted molar refractivity (Wildman–Crippen MR) is 71.4 cm³/mol. The molecule has 1 fully saturated rings. The van der Waals surface area contributed by atoms with Gasteiger partial charge in [0.25, 0.3) is 0 Å². The minimum absolute atomic E-state index is 0.00220. The standard InChI is InChI=1S/C14H20N2O3/c1-10-7-16(8-13(19-10)14(15)18)12(9-17)11-5-3-2-4-6-11/h2-6,10,12-13,17H,7-9H2,1H3,(H2,15,18)/t10?,12-,13?/m1/s1. The molecule has 3 N–H and O–H groups in total. The van der Waals surface area contributed by atoms with Gasteiger partial charge in [-0.1, -0.05) is 30.3 Å². The number of aliphatic hydroxyl groups is 1. The third-order valence-electron chi connectivity index (χ3n) is 3.40. The molecule has 19 heavy (non-hydrogen) atoms. The summed E-state index contributed by atoms with van der Waals surface area (Å²) in [7, 11) is 0. The minimum Gasteiger partial charge on any atom is -0.394 e. The van der Waals surface area contributed by atoms with Gasteiger partial charge in [0.05, 0.1) is 18.8 Å². The summed E-state index contributed by atoms with van der Waals surface area (Å²) in [5.41, 5.74) is 6.35. The van der Waals surface area contributed by atoms with Gasteiger partial charge in [-0.2, -0.15) is 0 Å². The predicted octanol–water partition coefficient (Wildman–Crippen LogP) is 0.295. The van der Waals surface area contributed by atoms with Gasteiger partial charge in [-0.05, 0) is 12.5 Å². The van der Waals surface area contributed by atoms with Gasteiger partial charge >= 0.3 is 0 Å². The van der Waals surface area contributed by atoms with Crippen LogP contribution in [0.15, 0.2) is 30.3 Å². The lowest BCUT2D eigenvalue weighted by Gasteiger charge is -2.39. The van der Waals surface area contributed by atoms with Gasteiger partial charge in [0, 0.05) is 13.1 Å². The summed E-state index contributed by atoms with van der Waals surface area (Å²) in [4.78, 5) is 13.4. The Morgan fingerprint density at radius 3 is 2.74 bits per heavy atom. The third-order valence-corrected chi connectivity index (χ3v) is 3.40. The lowest BCUT2D eigenvalue weighted by atomic mass is 10.0. The first-order valence-electron chi connectivity index (χ1n) is 6.46. The number of hydrogen-bond donors (Lipinski definition) is 2. The second-order valence-corrected chi connectivity index (χ2v) is 4.90. The number of aliphatic hydroxyl groups excluding tert-OH is 1. The van der Waals surface area contributed by atoms with Crippen molar-refractivity contribution in [2.75, 3.05) is 19.7 Å². The molecule has 1 aliphatic rings. The summed E-state index contributed by atoms with van der Waals surface area (Å²) >= 11 is 0. The van der Waals surface area contributed by atoms with Gasteiger partial charge in [0.1, 0.15) is 6.10 Å². The molecule has 1 aromatic carbocycles. The molecule has 0 aromatic heterocycles. The first-order chi connectivity index (χ1) is 9.11. The van der Waals surface area contributed by atoms with Crippen molar-refractivity contribution in [1.29, 1.82) is 0 Å². The first-order valence-corrected chi connectivity index (χ1v) is 6.46. The zero-order valence-electron chi connectivity index (χ0n) is 11.0. The Kier molecular flexibility index (Phi) is 4.52. The van der Waals surface area contributed by atoms with E-state index in [1.165, 1.54) is 0 Å². The number of nitrogens with two attached hydrogens (primary N) is 1. The molecule has 2 unspecified atom stereocenters. The molecule has 0 aliphatic carbocycles. The van der Waals surface area contributed by atoms with Crippen LogP contribution in [0.3, 0.4) is 0 Å². The average Bonchev–Trinajstić information content (AvgIpc) is 2.40. The Morgan fingerprint density at radius 2 is 2.16 bits per heavy atom. The van der Waals surface area contributed by atoms with Crippen molar-refractivity contribution >= 4 is 5.91 Å². The topological polar surface area (TPSA) is 75.8 Å². The van der Waals surface area contributed by atoms with Gasteiger partial charge in [-0.25, -0.2) is 0 Å². The number of carbonyl (C=O) groups is 1. The van der Waals surface area contributed by atoms with Crippen LogP contribution in [0.2, 0.25) is 0 Å².